The number of pyridine rings is 2. The first-order valence-electron chi connectivity index (χ1n) is 8.60. The zero-order chi connectivity index (χ0) is 21.5. The maximum absolute atomic E-state index is 10.7. The predicted octanol–water partition coefficient (Wildman–Crippen LogP) is 3.20. The van der Waals surface area contributed by atoms with Crippen molar-refractivity contribution in [2.24, 2.45) is 11.0 Å². The summed E-state index contributed by atoms with van der Waals surface area (Å²) in [5, 5.41) is 25.4. The molecule has 2 aromatic rings. The monoisotopic (exact) mass is 412 g/mol. The molecule has 0 radical (unpaired) electrons. The zero-order valence-corrected chi connectivity index (χ0v) is 15.7. The van der Waals surface area contributed by atoms with E-state index in [1.165, 1.54) is 31.4 Å². The van der Waals surface area contributed by atoms with Gasteiger partial charge in [0, 0.05) is 30.3 Å². The number of hydrogen-bond acceptors (Lipinski definition) is 10. The Hall–Kier alpha value is -4.35. The van der Waals surface area contributed by atoms with E-state index in [9.17, 15) is 20.2 Å². The van der Waals surface area contributed by atoms with Crippen molar-refractivity contribution in [3.8, 4) is 5.88 Å². The highest BCUT2D eigenvalue weighted by atomic mass is 16.6. The molecule has 0 unspecified atom stereocenters. The van der Waals surface area contributed by atoms with Gasteiger partial charge in [-0.25, -0.2) is 9.97 Å². The molecule has 12 heteroatoms. The Bertz CT molecular complexity index is 1020. The topological polar surface area (TPSA) is 155 Å². The largest absolute Gasteiger partial charge is 0.493 e. The van der Waals surface area contributed by atoms with Gasteiger partial charge >= 0.3 is 0 Å². The molecule has 1 aliphatic rings. The summed E-state index contributed by atoms with van der Waals surface area (Å²) in [6, 6.07) is 5.49. The molecule has 1 N–H and O–H groups in total. The van der Waals surface area contributed by atoms with E-state index in [0.29, 0.717) is 23.8 Å². The summed E-state index contributed by atoms with van der Waals surface area (Å²) in [5.74, 6) is 1.38. The van der Waals surface area contributed by atoms with E-state index in [1.807, 2.05) is 0 Å². The number of nitrogens with one attached hydrogen (secondary N) is 1. The Morgan fingerprint density at radius 1 is 1.10 bits per heavy atom. The molecule has 1 aliphatic carbocycles. The SMILES string of the molecule is COC1=C[C@H](/C=N\Nc2ccc([N+](=O)[O-])cn2)CC=C1Oc1ccc([N+](=O)[O-])cn1. The number of ether oxygens (including phenoxy) is 2. The first kappa shape index (κ1) is 20.4. The molecule has 2 aromatic heterocycles. The number of aromatic nitrogens is 2. The minimum Gasteiger partial charge on any atom is -0.493 e. The molecule has 30 heavy (non-hydrogen) atoms. The highest BCUT2D eigenvalue weighted by Crippen LogP contribution is 2.26. The molecule has 12 nitrogen and oxygen atoms in total. The Kier molecular flexibility index (Phi) is 6.27. The molecule has 0 fully saturated rings. The summed E-state index contributed by atoms with van der Waals surface area (Å²) in [7, 11) is 1.49. The predicted molar refractivity (Wildman–Crippen MR) is 106 cm³/mol. The van der Waals surface area contributed by atoms with Crippen LogP contribution in [0.1, 0.15) is 6.42 Å². The first-order chi connectivity index (χ1) is 14.5. The minimum atomic E-state index is -0.540. The van der Waals surface area contributed by atoms with Gasteiger partial charge in [-0.1, -0.05) is 0 Å². The van der Waals surface area contributed by atoms with Crippen LogP contribution in [0.5, 0.6) is 5.88 Å². The van der Waals surface area contributed by atoms with Crippen molar-refractivity contribution in [3.05, 3.63) is 80.6 Å². The highest BCUT2D eigenvalue weighted by Gasteiger charge is 2.18. The van der Waals surface area contributed by atoms with Crippen LogP contribution in [0.15, 0.2) is 65.4 Å². The van der Waals surface area contributed by atoms with Crippen molar-refractivity contribution in [3.63, 3.8) is 0 Å². The molecule has 0 aromatic carbocycles. The maximum atomic E-state index is 10.7. The number of nitrogens with zero attached hydrogens (tertiary/aromatic N) is 5. The molecule has 3 rings (SSSR count). The molecule has 0 saturated carbocycles. The Morgan fingerprint density at radius 2 is 1.80 bits per heavy atom. The lowest BCUT2D eigenvalue weighted by Crippen LogP contribution is -2.12. The molecule has 0 bridgehead atoms. The molecule has 1 atom stereocenters. The second-order valence-corrected chi connectivity index (χ2v) is 5.97. The van der Waals surface area contributed by atoms with Gasteiger partial charge in [0.15, 0.2) is 11.5 Å². The van der Waals surface area contributed by atoms with E-state index in [-0.39, 0.29) is 23.2 Å². The van der Waals surface area contributed by atoms with Crippen LogP contribution in [-0.2, 0) is 4.74 Å². The van der Waals surface area contributed by atoms with Crippen LogP contribution in [0.25, 0.3) is 0 Å². The summed E-state index contributed by atoms with van der Waals surface area (Å²) in [6.07, 6.45) is 8.05. The van der Waals surface area contributed by atoms with Gasteiger partial charge < -0.3 is 9.47 Å². The molecule has 154 valence electrons. The van der Waals surface area contributed by atoms with Gasteiger partial charge in [-0.15, -0.1) is 0 Å². The van der Waals surface area contributed by atoms with Gasteiger partial charge in [-0.3, -0.25) is 25.7 Å². The lowest BCUT2D eigenvalue weighted by Gasteiger charge is -2.18. The molecular formula is C18H16N6O6. The number of allylic oxidation sites excluding steroid dienone is 2. The van der Waals surface area contributed by atoms with Crippen LogP contribution in [0, 0.1) is 26.1 Å². The smallest absolute Gasteiger partial charge is 0.287 e. The third kappa shape index (κ3) is 5.13. The van der Waals surface area contributed by atoms with Crippen molar-refractivity contribution < 1.29 is 19.3 Å². The molecule has 0 saturated heterocycles. The van der Waals surface area contributed by atoms with Gasteiger partial charge in [0.25, 0.3) is 11.4 Å². The van der Waals surface area contributed by atoms with Crippen molar-refractivity contribution in [2.45, 2.75) is 6.42 Å². The Balaban J connectivity index is 1.60. The lowest BCUT2D eigenvalue weighted by molar-refractivity contribution is -0.385. The number of hydrazone groups is 1. The molecule has 2 heterocycles. The Morgan fingerprint density at radius 3 is 2.37 bits per heavy atom. The number of nitro groups is 2. The standard InChI is InChI=1S/C18H16N6O6/c1-29-16-8-12(9-21-22-17-6-3-13(10-19-17)23(25)26)2-5-15(16)30-18-7-4-14(11-20-18)24(27)28/h3-12H,2H2,1H3,(H,19,22)/b21-9-/t12-/m1/s1. The summed E-state index contributed by atoms with van der Waals surface area (Å²) < 4.78 is 11.0. The second kappa shape index (κ2) is 9.23. The second-order valence-electron chi connectivity index (χ2n) is 5.97. The summed E-state index contributed by atoms with van der Waals surface area (Å²) in [6.45, 7) is 0. The van der Waals surface area contributed by atoms with Crippen molar-refractivity contribution in [1.82, 2.24) is 9.97 Å². The van der Waals surface area contributed by atoms with Crippen molar-refractivity contribution in [1.29, 1.82) is 0 Å². The Labute approximate surface area is 169 Å². The van der Waals surface area contributed by atoms with Crippen molar-refractivity contribution in [2.75, 3.05) is 12.5 Å². The van der Waals surface area contributed by atoms with Crippen molar-refractivity contribution >= 4 is 23.4 Å². The number of methoxy groups -OCH3 is 1. The van der Waals surface area contributed by atoms with E-state index in [0.717, 1.165) is 12.4 Å². The quantitative estimate of drug-likeness (QED) is 0.391. The number of hydrogen-bond donors (Lipinski definition) is 1. The van der Waals surface area contributed by atoms with Crippen LogP contribution < -0.4 is 10.2 Å². The van der Waals surface area contributed by atoms with Crippen LogP contribution in [0.2, 0.25) is 0 Å². The number of rotatable bonds is 8. The number of anilines is 1. The fourth-order valence-electron chi connectivity index (χ4n) is 2.47. The third-order valence-corrected chi connectivity index (χ3v) is 3.95. The molecule has 0 amide bonds. The summed E-state index contributed by atoms with van der Waals surface area (Å²) >= 11 is 0. The first-order valence-corrected chi connectivity index (χ1v) is 8.60. The average molecular weight is 412 g/mol. The van der Waals surface area contributed by atoms with Crippen LogP contribution in [0.3, 0.4) is 0 Å². The highest BCUT2D eigenvalue weighted by molar-refractivity contribution is 5.66. The van der Waals surface area contributed by atoms with Crippen LogP contribution in [-0.4, -0.2) is 33.1 Å². The summed E-state index contributed by atoms with van der Waals surface area (Å²) in [5.41, 5.74) is 2.47. The summed E-state index contributed by atoms with van der Waals surface area (Å²) in [4.78, 5) is 28.1. The van der Waals surface area contributed by atoms with E-state index in [1.54, 1.807) is 18.4 Å². The zero-order valence-electron chi connectivity index (χ0n) is 15.7. The van der Waals surface area contributed by atoms with Gasteiger partial charge in [-0.2, -0.15) is 5.10 Å². The minimum absolute atomic E-state index is 0.0948. The fourth-order valence-corrected chi connectivity index (χ4v) is 2.47. The van der Waals surface area contributed by atoms with E-state index >= 15 is 0 Å². The van der Waals surface area contributed by atoms with Gasteiger partial charge in [0.2, 0.25) is 5.88 Å². The van der Waals surface area contributed by atoms with E-state index < -0.39 is 9.85 Å². The van der Waals surface area contributed by atoms with Crippen LogP contribution >= 0.6 is 0 Å². The van der Waals surface area contributed by atoms with Gasteiger partial charge in [0.05, 0.1) is 17.0 Å². The molecule has 0 spiro atoms. The normalized spacial score (nSPS) is 15.8. The maximum Gasteiger partial charge on any atom is 0.287 e. The third-order valence-electron chi connectivity index (χ3n) is 3.95. The molecule has 0 aliphatic heterocycles. The van der Waals surface area contributed by atoms with Gasteiger partial charge in [-0.05, 0) is 24.6 Å². The fraction of sp³-hybridized carbons (Fsp3) is 0.167. The van der Waals surface area contributed by atoms with E-state index in [4.69, 9.17) is 9.47 Å². The van der Waals surface area contributed by atoms with Crippen LogP contribution in [0.4, 0.5) is 17.2 Å². The average Bonchev–Trinajstić information content (AvgIpc) is 2.75. The van der Waals surface area contributed by atoms with E-state index in [2.05, 4.69) is 20.5 Å². The molecular weight excluding hydrogens is 396 g/mol. The lowest BCUT2D eigenvalue weighted by atomic mass is 10.0. The van der Waals surface area contributed by atoms with Gasteiger partial charge in [0.1, 0.15) is 18.2 Å².